The van der Waals surface area contributed by atoms with Crippen LogP contribution in [0.2, 0.25) is 0 Å². The lowest BCUT2D eigenvalue weighted by Gasteiger charge is -2.38. The fourth-order valence-corrected chi connectivity index (χ4v) is 2.99. The molecule has 0 amide bonds. The van der Waals surface area contributed by atoms with E-state index in [0.717, 1.165) is 31.7 Å². The Hall–Kier alpha value is -0.970. The van der Waals surface area contributed by atoms with Crippen molar-refractivity contribution in [1.29, 1.82) is 0 Å². The highest BCUT2D eigenvalue weighted by Crippen LogP contribution is 2.19. The van der Waals surface area contributed by atoms with E-state index in [0.29, 0.717) is 18.0 Å². The summed E-state index contributed by atoms with van der Waals surface area (Å²) in [6.45, 7) is 7.91. The van der Waals surface area contributed by atoms with Gasteiger partial charge >= 0.3 is 0 Å². The van der Waals surface area contributed by atoms with Crippen LogP contribution in [0.3, 0.4) is 0 Å². The third kappa shape index (κ3) is 4.54. The Morgan fingerprint density at radius 1 is 1.50 bits per heavy atom. The molecule has 0 spiro atoms. The molecule has 1 aromatic rings. The molecule has 2 rings (SSSR count). The van der Waals surface area contributed by atoms with E-state index in [-0.39, 0.29) is 6.61 Å². The van der Waals surface area contributed by atoms with Crippen LogP contribution in [0.4, 0.5) is 0 Å². The minimum atomic E-state index is 0.265. The second kappa shape index (κ2) is 7.72. The van der Waals surface area contributed by atoms with Crippen molar-refractivity contribution < 1.29 is 5.11 Å². The second-order valence-electron chi connectivity index (χ2n) is 6.01. The van der Waals surface area contributed by atoms with Gasteiger partial charge in [-0.25, -0.2) is 0 Å². The van der Waals surface area contributed by atoms with Gasteiger partial charge in [0.2, 0.25) is 0 Å². The summed E-state index contributed by atoms with van der Waals surface area (Å²) in [7, 11) is 0. The van der Waals surface area contributed by atoms with E-state index in [1.165, 1.54) is 6.42 Å². The van der Waals surface area contributed by atoms with E-state index in [1.807, 2.05) is 12.3 Å². The van der Waals surface area contributed by atoms with Gasteiger partial charge in [0.25, 0.3) is 0 Å². The minimum absolute atomic E-state index is 0.265. The Labute approximate surface area is 122 Å². The average molecular weight is 277 g/mol. The van der Waals surface area contributed by atoms with Crippen molar-refractivity contribution in [1.82, 2.24) is 15.2 Å². The lowest BCUT2D eigenvalue weighted by Crippen LogP contribution is -2.50. The van der Waals surface area contributed by atoms with Crippen LogP contribution in [0.15, 0.2) is 24.4 Å². The van der Waals surface area contributed by atoms with Crippen LogP contribution < -0.4 is 5.32 Å². The van der Waals surface area contributed by atoms with E-state index in [4.69, 9.17) is 5.11 Å². The van der Waals surface area contributed by atoms with Crippen molar-refractivity contribution in [2.24, 2.45) is 5.92 Å². The van der Waals surface area contributed by atoms with Crippen LogP contribution in [0.5, 0.6) is 0 Å². The number of nitrogens with one attached hydrogen (secondary N) is 1. The van der Waals surface area contributed by atoms with Gasteiger partial charge in [-0.05, 0) is 37.8 Å². The summed E-state index contributed by atoms with van der Waals surface area (Å²) in [5, 5.41) is 12.6. The van der Waals surface area contributed by atoms with Crippen LogP contribution in [0.1, 0.15) is 32.4 Å². The van der Waals surface area contributed by atoms with Crippen molar-refractivity contribution in [2.75, 3.05) is 19.7 Å². The fraction of sp³-hybridized carbons (Fsp3) is 0.688. The molecule has 2 heterocycles. The first kappa shape index (κ1) is 15.4. The number of rotatable bonds is 6. The predicted molar refractivity (Wildman–Crippen MR) is 81.4 cm³/mol. The molecule has 0 radical (unpaired) electrons. The molecular weight excluding hydrogens is 250 g/mol. The topological polar surface area (TPSA) is 48.4 Å². The average Bonchev–Trinajstić information content (AvgIpc) is 2.43. The summed E-state index contributed by atoms with van der Waals surface area (Å²) >= 11 is 0. The van der Waals surface area contributed by atoms with Gasteiger partial charge in [-0.1, -0.05) is 13.0 Å². The summed E-state index contributed by atoms with van der Waals surface area (Å²) in [4.78, 5) is 6.89. The Morgan fingerprint density at radius 3 is 3.00 bits per heavy atom. The smallest absolute Gasteiger partial charge is 0.0543 e. The van der Waals surface area contributed by atoms with Crippen LogP contribution in [-0.2, 0) is 6.54 Å². The third-order valence-electron chi connectivity index (χ3n) is 4.16. The molecule has 0 aromatic carbocycles. The zero-order valence-electron chi connectivity index (χ0n) is 12.6. The number of pyridine rings is 1. The maximum Gasteiger partial charge on any atom is 0.0543 e. The Bertz CT molecular complexity index is 385. The van der Waals surface area contributed by atoms with Crippen molar-refractivity contribution in [2.45, 2.75) is 45.3 Å². The molecule has 4 heteroatoms. The van der Waals surface area contributed by atoms with Crippen molar-refractivity contribution in [3.05, 3.63) is 30.1 Å². The summed E-state index contributed by atoms with van der Waals surface area (Å²) in [5.41, 5.74) is 1.15. The largest absolute Gasteiger partial charge is 0.396 e. The number of piperidine rings is 1. The number of aromatic nitrogens is 1. The van der Waals surface area contributed by atoms with E-state index >= 15 is 0 Å². The number of hydrogen-bond donors (Lipinski definition) is 2. The molecule has 112 valence electrons. The zero-order chi connectivity index (χ0) is 14.4. The Balaban J connectivity index is 1.80. The summed E-state index contributed by atoms with van der Waals surface area (Å²) in [6, 6.07) is 7.08. The predicted octanol–water partition coefficient (Wildman–Crippen LogP) is 1.65. The molecule has 4 nitrogen and oxygen atoms in total. The quantitative estimate of drug-likeness (QED) is 0.830. The Kier molecular flexibility index (Phi) is 5.95. The van der Waals surface area contributed by atoms with Gasteiger partial charge < -0.3 is 10.4 Å². The van der Waals surface area contributed by atoms with E-state index < -0.39 is 0 Å². The fourth-order valence-electron chi connectivity index (χ4n) is 2.99. The van der Waals surface area contributed by atoms with Gasteiger partial charge in [-0.2, -0.15) is 0 Å². The zero-order valence-corrected chi connectivity index (χ0v) is 12.6. The lowest BCUT2D eigenvalue weighted by atomic mass is 9.93. The van der Waals surface area contributed by atoms with Crippen LogP contribution in [0.25, 0.3) is 0 Å². The molecule has 1 fully saturated rings. The monoisotopic (exact) mass is 277 g/mol. The maximum atomic E-state index is 8.98. The molecule has 0 saturated carbocycles. The molecule has 1 aliphatic rings. The molecule has 0 bridgehead atoms. The first-order chi connectivity index (χ1) is 9.69. The first-order valence-electron chi connectivity index (χ1n) is 7.68. The van der Waals surface area contributed by atoms with Gasteiger partial charge in [0, 0.05) is 44.5 Å². The molecule has 1 aliphatic heterocycles. The standard InChI is InChI=1S/C16H27N3O/c1-13-11-19(12-15-5-3-4-8-17-15)9-6-16(13)18-14(2)7-10-20/h3-5,8,13-14,16,18,20H,6-7,9-12H2,1-2H3/t13?,14-,16?/m1/s1. The van der Waals surface area contributed by atoms with Gasteiger partial charge in [0.05, 0.1) is 5.69 Å². The minimum Gasteiger partial charge on any atom is -0.396 e. The van der Waals surface area contributed by atoms with Crippen LogP contribution in [0, 0.1) is 5.92 Å². The SMILES string of the molecule is CC1CN(Cc2ccccn2)CCC1N[C@H](C)CCO. The Morgan fingerprint density at radius 2 is 2.35 bits per heavy atom. The highest BCUT2D eigenvalue weighted by atomic mass is 16.3. The second-order valence-corrected chi connectivity index (χ2v) is 6.01. The summed E-state index contributed by atoms with van der Waals surface area (Å²) < 4.78 is 0. The first-order valence-corrected chi connectivity index (χ1v) is 7.68. The molecule has 2 unspecified atom stereocenters. The molecule has 1 aromatic heterocycles. The number of nitrogens with zero attached hydrogens (tertiary/aromatic N) is 2. The number of hydrogen-bond acceptors (Lipinski definition) is 4. The van der Waals surface area contributed by atoms with Crippen molar-refractivity contribution in [3.8, 4) is 0 Å². The summed E-state index contributed by atoms with van der Waals surface area (Å²) in [5.74, 6) is 0.633. The maximum absolute atomic E-state index is 8.98. The molecule has 20 heavy (non-hydrogen) atoms. The molecule has 2 N–H and O–H groups in total. The van der Waals surface area contributed by atoms with Gasteiger partial charge in [-0.3, -0.25) is 9.88 Å². The van der Waals surface area contributed by atoms with Gasteiger partial charge in [0.15, 0.2) is 0 Å². The van der Waals surface area contributed by atoms with Crippen molar-refractivity contribution in [3.63, 3.8) is 0 Å². The van der Waals surface area contributed by atoms with Gasteiger partial charge in [0.1, 0.15) is 0 Å². The molecule has 0 aliphatic carbocycles. The van der Waals surface area contributed by atoms with E-state index in [1.54, 1.807) is 0 Å². The van der Waals surface area contributed by atoms with Crippen LogP contribution in [-0.4, -0.2) is 46.8 Å². The van der Waals surface area contributed by atoms with Crippen LogP contribution >= 0.6 is 0 Å². The van der Waals surface area contributed by atoms with Crippen molar-refractivity contribution >= 4 is 0 Å². The molecule has 3 atom stereocenters. The number of aliphatic hydroxyl groups excluding tert-OH is 1. The molecule has 1 saturated heterocycles. The highest BCUT2D eigenvalue weighted by Gasteiger charge is 2.26. The van der Waals surface area contributed by atoms with Gasteiger partial charge in [-0.15, -0.1) is 0 Å². The number of likely N-dealkylation sites (tertiary alicyclic amines) is 1. The molecular formula is C16H27N3O. The van der Waals surface area contributed by atoms with E-state index in [2.05, 4.69) is 41.2 Å². The highest BCUT2D eigenvalue weighted by molar-refractivity contribution is 5.03. The normalized spacial score (nSPS) is 25.6. The third-order valence-corrected chi connectivity index (χ3v) is 4.16. The van der Waals surface area contributed by atoms with E-state index in [9.17, 15) is 0 Å². The summed E-state index contributed by atoms with van der Waals surface area (Å²) in [6.07, 6.45) is 3.87. The number of aliphatic hydroxyl groups is 1. The lowest BCUT2D eigenvalue weighted by molar-refractivity contribution is 0.131.